The van der Waals surface area contributed by atoms with Crippen LogP contribution in [-0.4, -0.2) is 15.9 Å². The maximum atomic E-state index is 11.6. The molecule has 0 bridgehead atoms. The van der Waals surface area contributed by atoms with E-state index in [1.807, 2.05) is 0 Å². The first kappa shape index (κ1) is 11.3. The second-order valence-electron chi connectivity index (χ2n) is 3.28. The van der Waals surface area contributed by atoms with E-state index in [2.05, 4.69) is 15.3 Å². The molecule has 17 heavy (non-hydrogen) atoms. The highest BCUT2D eigenvalue weighted by atomic mass is 32.1. The maximum Gasteiger partial charge on any atom is 0.304 e. The highest BCUT2D eigenvalue weighted by Gasteiger charge is 2.09. The lowest BCUT2D eigenvalue weighted by molar-refractivity contribution is 0.0949. The Hall–Kier alpha value is -2.15. The van der Waals surface area contributed by atoms with Gasteiger partial charge in [-0.15, -0.1) is 0 Å². The summed E-state index contributed by atoms with van der Waals surface area (Å²) in [6.07, 6.45) is 2.80. The molecule has 2 heterocycles. The lowest BCUT2D eigenvalue weighted by Gasteiger charge is -2.02. The van der Waals surface area contributed by atoms with Crippen molar-refractivity contribution >= 4 is 17.2 Å². The number of carbonyl (C=O) groups excluding carboxylic acids is 1. The predicted molar refractivity (Wildman–Crippen MR) is 63.2 cm³/mol. The van der Waals surface area contributed by atoms with Gasteiger partial charge in [0, 0.05) is 29.5 Å². The smallest absolute Gasteiger partial charge is 0.304 e. The second kappa shape index (κ2) is 4.79. The third-order valence-corrected chi connectivity index (χ3v) is 2.80. The molecule has 6 nitrogen and oxygen atoms in total. The van der Waals surface area contributed by atoms with Crippen LogP contribution < -0.4 is 15.6 Å². The van der Waals surface area contributed by atoms with Gasteiger partial charge in [-0.05, 0) is 0 Å². The Morgan fingerprint density at radius 2 is 2.24 bits per heavy atom. The van der Waals surface area contributed by atoms with Gasteiger partial charge in [-0.2, -0.15) is 0 Å². The molecule has 0 radical (unpaired) electrons. The number of rotatable bonds is 3. The molecule has 0 saturated heterocycles. The Morgan fingerprint density at radius 3 is 2.88 bits per heavy atom. The average molecular weight is 251 g/mol. The molecule has 0 saturated carbocycles. The Labute approximate surface area is 99.3 Å². The fraction of sp³-hybridized carbons (Fsp3) is 0.100. The fourth-order valence-electron chi connectivity index (χ4n) is 1.26. The first-order valence-electron chi connectivity index (χ1n) is 4.79. The van der Waals surface area contributed by atoms with Crippen LogP contribution in [0.5, 0.6) is 0 Å². The molecule has 0 aliphatic carbocycles. The van der Waals surface area contributed by atoms with Crippen molar-refractivity contribution in [3.63, 3.8) is 0 Å². The zero-order valence-corrected chi connectivity index (χ0v) is 9.47. The standard InChI is InChI=1S/C10H9N3O3S/c14-8-1-2-11-4-7(8)9(15)12-3-6-5-17-10(16)13-6/h1-2,4-5H,3H2,(H,11,14)(H,12,15)(H,13,16). The lowest BCUT2D eigenvalue weighted by Crippen LogP contribution is -2.28. The molecule has 0 spiro atoms. The van der Waals surface area contributed by atoms with Crippen molar-refractivity contribution in [2.24, 2.45) is 0 Å². The van der Waals surface area contributed by atoms with Gasteiger partial charge in [0.1, 0.15) is 5.56 Å². The highest BCUT2D eigenvalue weighted by Crippen LogP contribution is 1.95. The van der Waals surface area contributed by atoms with Crippen LogP contribution in [-0.2, 0) is 6.54 Å². The average Bonchev–Trinajstić information content (AvgIpc) is 2.73. The lowest BCUT2D eigenvalue weighted by atomic mass is 10.2. The van der Waals surface area contributed by atoms with Gasteiger partial charge in [-0.3, -0.25) is 14.4 Å². The fourth-order valence-corrected chi connectivity index (χ4v) is 1.85. The molecule has 0 aliphatic rings. The van der Waals surface area contributed by atoms with E-state index in [0.29, 0.717) is 5.69 Å². The summed E-state index contributed by atoms with van der Waals surface area (Å²) in [7, 11) is 0. The van der Waals surface area contributed by atoms with E-state index in [1.165, 1.54) is 18.5 Å². The van der Waals surface area contributed by atoms with Crippen LogP contribution in [0, 0.1) is 0 Å². The molecule has 1 amide bonds. The number of carbonyl (C=O) groups is 1. The van der Waals surface area contributed by atoms with Crippen molar-refractivity contribution in [1.29, 1.82) is 0 Å². The minimum Gasteiger partial charge on any atom is -0.367 e. The van der Waals surface area contributed by atoms with Gasteiger partial charge in [-0.1, -0.05) is 11.3 Å². The SMILES string of the molecule is O=C(NCc1csc(=O)[nH]1)c1c[nH]ccc1=O. The van der Waals surface area contributed by atoms with Gasteiger partial charge in [0.25, 0.3) is 5.91 Å². The van der Waals surface area contributed by atoms with Crippen LogP contribution in [0.2, 0.25) is 0 Å². The molecule has 7 heteroatoms. The highest BCUT2D eigenvalue weighted by molar-refractivity contribution is 7.07. The van der Waals surface area contributed by atoms with Crippen molar-refractivity contribution < 1.29 is 4.79 Å². The summed E-state index contributed by atoms with van der Waals surface area (Å²) in [5.74, 6) is -0.473. The number of hydrogen-bond acceptors (Lipinski definition) is 4. The van der Waals surface area contributed by atoms with Crippen molar-refractivity contribution in [3.05, 3.63) is 55.0 Å². The summed E-state index contributed by atoms with van der Waals surface area (Å²) >= 11 is 1.02. The van der Waals surface area contributed by atoms with Crippen LogP contribution in [0.4, 0.5) is 0 Å². The zero-order chi connectivity index (χ0) is 12.3. The van der Waals surface area contributed by atoms with Crippen molar-refractivity contribution in [2.45, 2.75) is 6.54 Å². The summed E-state index contributed by atoms with van der Waals surface area (Å²) in [5.41, 5.74) is 0.311. The number of amides is 1. The summed E-state index contributed by atoms with van der Waals surface area (Å²) in [5, 5.41) is 4.17. The van der Waals surface area contributed by atoms with Crippen molar-refractivity contribution in [1.82, 2.24) is 15.3 Å². The molecule has 3 N–H and O–H groups in total. The van der Waals surface area contributed by atoms with E-state index >= 15 is 0 Å². The van der Waals surface area contributed by atoms with Crippen LogP contribution >= 0.6 is 11.3 Å². The maximum absolute atomic E-state index is 11.6. The summed E-state index contributed by atoms with van der Waals surface area (Å²) in [4.78, 5) is 38.9. The Kier molecular flexibility index (Phi) is 3.20. The number of aromatic amines is 2. The third kappa shape index (κ3) is 2.70. The van der Waals surface area contributed by atoms with Crippen LogP contribution in [0.3, 0.4) is 0 Å². The third-order valence-electron chi connectivity index (χ3n) is 2.08. The second-order valence-corrected chi connectivity index (χ2v) is 4.12. The van der Waals surface area contributed by atoms with E-state index in [1.54, 1.807) is 5.38 Å². The first-order chi connectivity index (χ1) is 8.16. The van der Waals surface area contributed by atoms with Crippen LogP contribution in [0.1, 0.15) is 16.1 Å². The van der Waals surface area contributed by atoms with Gasteiger partial charge < -0.3 is 15.3 Å². The van der Waals surface area contributed by atoms with Crippen LogP contribution in [0.15, 0.2) is 33.4 Å². The first-order valence-corrected chi connectivity index (χ1v) is 5.67. The van der Waals surface area contributed by atoms with Crippen LogP contribution in [0.25, 0.3) is 0 Å². The van der Waals surface area contributed by atoms with Gasteiger partial charge in [0.2, 0.25) is 0 Å². The Morgan fingerprint density at radius 1 is 1.41 bits per heavy atom. The number of pyridine rings is 1. The minimum absolute atomic E-state index is 0.0464. The summed E-state index contributed by atoms with van der Waals surface area (Å²) in [6.45, 7) is 0.186. The van der Waals surface area contributed by atoms with Gasteiger partial charge in [-0.25, -0.2) is 0 Å². The molecule has 88 valence electrons. The molecule has 0 atom stereocenters. The number of thiazole rings is 1. The molecule has 0 aromatic carbocycles. The molecule has 0 unspecified atom stereocenters. The predicted octanol–water partition coefficient (Wildman–Crippen LogP) is 0.0547. The number of hydrogen-bond donors (Lipinski definition) is 3. The largest absolute Gasteiger partial charge is 0.367 e. The molecule has 2 aromatic heterocycles. The topological polar surface area (TPSA) is 94.8 Å². The summed E-state index contributed by atoms with van der Waals surface area (Å²) in [6, 6.07) is 1.28. The minimum atomic E-state index is -0.473. The summed E-state index contributed by atoms with van der Waals surface area (Å²) < 4.78 is 0. The monoisotopic (exact) mass is 251 g/mol. The number of aromatic nitrogens is 2. The van der Waals surface area contributed by atoms with Crippen molar-refractivity contribution in [2.75, 3.05) is 0 Å². The van der Waals surface area contributed by atoms with E-state index in [-0.39, 0.29) is 22.4 Å². The molecular weight excluding hydrogens is 242 g/mol. The number of H-pyrrole nitrogens is 2. The van der Waals surface area contributed by atoms with E-state index < -0.39 is 5.91 Å². The molecule has 2 rings (SSSR count). The molecule has 0 aliphatic heterocycles. The van der Waals surface area contributed by atoms with E-state index in [4.69, 9.17) is 0 Å². The van der Waals surface area contributed by atoms with Crippen molar-refractivity contribution in [3.8, 4) is 0 Å². The number of nitrogens with one attached hydrogen (secondary N) is 3. The Bertz CT molecular complexity index is 640. The zero-order valence-electron chi connectivity index (χ0n) is 8.65. The molecular formula is C10H9N3O3S. The van der Waals surface area contributed by atoms with Gasteiger partial charge in [0.05, 0.1) is 6.54 Å². The van der Waals surface area contributed by atoms with Gasteiger partial charge in [0.15, 0.2) is 5.43 Å². The molecule has 0 fully saturated rings. The van der Waals surface area contributed by atoms with E-state index in [9.17, 15) is 14.4 Å². The van der Waals surface area contributed by atoms with E-state index in [0.717, 1.165) is 11.3 Å². The quantitative estimate of drug-likeness (QED) is 0.719. The normalized spacial score (nSPS) is 10.1. The van der Waals surface area contributed by atoms with Gasteiger partial charge >= 0.3 is 4.87 Å². The molecule has 2 aromatic rings. The Balaban J connectivity index is 2.06.